The van der Waals surface area contributed by atoms with Crippen molar-refractivity contribution in [2.75, 3.05) is 13.2 Å². The maximum absolute atomic E-state index is 10.8. The Bertz CT molecular complexity index is 195. The second-order valence-corrected chi connectivity index (χ2v) is 4.26. The maximum atomic E-state index is 10.8. The number of hydrogen-bond acceptors (Lipinski definition) is 4. The number of nitrogens with zero attached hydrogens (tertiary/aromatic N) is 1. The standard InChI is InChI=1S/C13H25NO3/c1-2-13(15)17-12-10-8-6-4-3-5-7-9-11-14-16/h2-12H2,1H3. The normalized spacial score (nSPS) is 10.2. The van der Waals surface area contributed by atoms with Crippen molar-refractivity contribution in [1.82, 2.24) is 0 Å². The molecule has 0 aliphatic carbocycles. The smallest absolute Gasteiger partial charge is 0.305 e. The molecule has 0 aliphatic rings. The summed E-state index contributed by atoms with van der Waals surface area (Å²) in [6, 6.07) is 0. The van der Waals surface area contributed by atoms with Crippen molar-refractivity contribution in [3.8, 4) is 0 Å². The topological polar surface area (TPSA) is 55.7 Å². The molecule has 17 heavy (non-hydrogen) atoms. The number of esters is 1. The van der Waals surface area contributed by atoms with E-state index in [4.69, 9.17) is 4.74 Å². The summed E-state index contributed by atoms with van der Waals surface area (Å²) in [6.07, 6.45) is 9.47. The highest BCUT2D eigenvalue weighted by molar-refractivity contribution is 5.68. The third kappa shape index (κ3) is 13.0. The lowest BCUT2D eigenvalue weighted by molar-refractivity contribution is -0.143. The van der Waals surface area contributed by atoms with Crippen LogP contribution in [0, 0.1) is 4.91 Å². The molecular weight excluding hydrogens is 218 g/mol. The summed E-state index contributed by atoms with van der Waals surface area (Å²) in [5, 5.41) is 2.83. The molecule has 4 nitrogen and oxygen atoms in total. The fourth-order valence-corrected chi connectivity index (χ4v) is 1.63. The Labute approximate surface area is 104 Å². The molecule has 0 heterocycles. The molecule has 0 unspecified atom stereocenters. The van der Waals surface area contributed by atoms with E-state index < -0.39 is 0 Å². The molecule has 0 aromatic heterocycles. The molecule has 0 saturated carbocycles. The first-order chi connectivity index (χ1) is 8.31. The van der Waals surface area contributed by atoms with Crippen molar-refractivity contribution in [3.63, 3.8) is 0 Å². The highest BCUT2D eigenvalue weighted by Crippen LogP contribution is 2.08. The molecule has 0 aromatic carbocycles. The summed E-state index contributed by atoms with van der Waals surface area (Å²) in [4.78, 5) is 20.6. The fraction of sp³-hybridized carbons (Fsp3) is 0.923. The second kappa shape index (κ2) is 13.1. The summed E-state index contributed by atoms with van der Waals surface area (Å²) in [6.45, 7) is 2.84. The Balaban J connectivity index is 2.98. The van der Waals surface area contributed by atoms with Crippen LogP contribution in [0.4, 0.5) is 0 Å². The third-order valence-electron chi connectivity index (χ3n) is 2.70. The molecule has 0 aliphatic heterocycles. The van der Waals surface area contributed by atoms with E-state index in [2.05, 4.69) is 5.18 Å². The fourth-order valence-electron chi connectivity index (χ4n) is 1.63. The highest BCUT2D eigenvalue weighted by atomic mass is 16.5. The predicted molar refractivity (Wildman–Crippen MR) is 68.8 cm³/mol. The van der Waals surface area contributed by atoms with Gasteiger partial charge in [-0.15, -0.1) is 0 Å². The van der Waals surface area contributed by atoms with E-state index in [1.165, 1.54) is 25.7 Å². The van der Waals surface area contributed by atoms with Crippen molar-refractivity contribution in [3.05, 3.63) is 4.91 Å². The minimum atomic E-state index is -0.103. The van der Waals surface area contributed by atoms with Gasteiger partial charge in [0, 0.05) is 6.42 Å². The van der Waals surface area contributed by atoms with Gasteiger partial charge in [0.15, 0.2) is 0 Å². The number of ether oxygens (including phenoxy) is 1. The summed E-state index contributed by atoms with van der Waals surface area (Å²) in [5.74, 6) is -0.103. The van der Waals surface area contributed by atoms with Crippen molar-refractivity contribution < 1.29 is 9.53 Å². The monoisotopic (exact) mass is 243 g/mol. The Morgan fingerprint density at radius 1 is 0.941 bits per heavy atom. The summed E-state index contributed by atoms with van der Waals surface area (Å²) in [5.41, 5.74) is 0. The van der Waals surface area contributed by atoms with Gasteiger partial charge in [-0.05, 0) is 12.8 Å². The van der Waals surface area contributed by atoms with Gasteiger partial charge in [0.1, 0.15) is 0 Å². The maximum Gasteiger partial charge on any atom is 0.305 e. The summed E-state index contributed by atoms with van der Waals surface area (Å²) < 4.78 is 4.98. The predicted octanol–water partition coefficient (Wildman–Crippen LogP) is 3.83. The van der Waals surface area contributed by atoms with E-state index in [1.54, 1.807) is 0 Å². The molecule has 0 amide bonds. The Hall–Kier alpha value is -0.930. The molecule has 0 atom stereocenters. The zero-order chi connectivity index (χ0) is 12.8. The van der Waals surface area contributed by atoms with Gasteiger partial charge in [0.05, 0.1) is 13.2 Å². The number of carbonyl (C=O) groups is 1. The first kappa shape index (κ1) is 16.1. The zero-order valence-corrected chi connectivity index (χ0v) is 11.0. The largest absolute Gasteiger partial charge is 0.466 e. The van der Waals surface area contributed by atoms with Crippen LogP contribution in [0.3, 0.4) is 0 Å². The van der Waals surface area contributed by atoms with Crippen molar-refractivity contribution in [2.45, 2.75) is 64.7 Å². The molecule has 0 N–H and O–H groups in total. The van der Waals surface area contributed by atoms with Crippen LogP contribution in [0.15, 0.2) is 5.18 Å². The van der Waals surface area contributed by atoms with Crippen molar-refractivity contribution in [1.29, 1.82) is 0 Å². The first-order valence-electron chi connectivity index (χ1n) is 6.76. The first-order valence-corrected chi connectivity index (χ1v) is 6.76. The summed E-state index contributed by atoms with van der Waals surface area (Å²) >= 11 is 0. The lowest BCUT2D eigenvalue weighted by atomic mass is 10.1. The highest BCUT2D eigenvalue weighted by Gasteiger charge is 1.97. The molecule has 0 fully saturated rings. The van der Waals surface area contributed by atoms with Crippen LogP contribution < -0.4 is 0 Å². The lowest BCUT2D eigenvalue weighted by Crippen LogP contribution is -2.03. The van der Waals surface area contributed by atoms with Crippen LogP contribution >= 0.6 is 0 Å². The molecule has 0 bridgehead atoms. The van der Waals surface area contributed by atoms with Gasteiger partial charge in [-0.3, -0.25) is 4.79 Å². The van der Waals surface area contributed by atoms with Gasteiger partial charge in [-0.25, -0.2) is 0 Å². The summed E-state index contributed by atoms with van der Waals surface area (Å²) in [7, 11) is 0. The van der Waals surface area contributed by atoms with Gasteiger partial charge in [0.2, 0.25) is 0 Å². The van der Waals surface area contributed by atoms with Crippen LogP contribution in [0.1, 0.15) is 64.7 Å². The van der Waals surface area contributed by atoms with Crippen molar-refractivity contribution >= 4 is 5.97 Å². The minimum Gasteiger partial charge on any atom is -0.466 e. The van der Waals surface area contributed by atoms with E-state index in [-0.39, 0.29) is 5.97 Å². The minimum absolute atomic E-state index is 0.103. The number of rotatable bonds is 12. The van der Waals surface area contributed by atoms with Crippen LogP contribution in [-0.4, -0.2) is 19.1 Å². The number of hydrogen-bond donors (Lipinski definition) is 0. The molecule has 0 spiro atoms. The molecule has 0 saturated heterocycles. The van der Waals surface area contributed by atoms with Gasteiger partial charge < -0.3 is 4.74 Å². The Morgan fingerprint density at radius 3 is 2.00 bits per heavy atom. The SMILES string of the molecule is CCC(=O)OCCCCCCCCCCN=O. The molecule has 0 rings (SSSR count). The Morgan fingerprint density at radius 2 is 1.47 bits per heavy atom. The average molecular weight is 243 g/mol. The van der Waals surface area contributed by atoms with E-state index in [0.717, 1.165) is 25.7 Å². The zero-order valence-electron chi connectivity index (χ0n) is 11.0. The van der Waals surface area contributed by atoms with Crippen LogP contribution in [0.5, 0.6) is 0 Å². The van der Waals surface area contributed by atoms with Gasteiger partial charge in [-0.2, -0.15) is 4.91 Å². The van der Waals surface area contributed by atoms with E-state index >= 15 is 0 Å². The van der Waals surface area contributed by atoms with Crippen LogP contribution in [-0.2, 0) is 9.53 Å². The number of unbranched alkanes of at least 4 members (excludes halogenated alkanes) is 7. The third-order valence-corrected chi connectivity index (χ3v) is 2.70. The number of nitroso groups, excluding NO2 is 1. The van der Waals surface area contributed by atoms with Gasteiger partial charge in [-0.1, -0.05) is 50.6 Å². The average Bonchev–Trinajstić information content (AvgIpc) is 2.35. The molecule has 100 valence electrons. The molecule has 4 heteroatoms. The molecule has 0 aromatic rings. The van der Waals surface area contributed by atoms with Crippen molar-refractivity contribution in [2.24, 2.45) is 5.18 Å². The molecular formula is C13H25NO3. The Kier molecular flexibility index (Phi) is 12.4. The lowest BCUT2D eigenvalue weighted by Gasteiger charge is -2.03. The van der Waals surface area contributed by atoms with E-state index in [0.29, 0.717) is 19.6 Å². The van der Waals surface area contributed by atoms with Gasteiger partial charge in [0.25, 0.3) is 0 Å². The van der Waals surface area contributed by atoms with Crippen LogP contribution in [0.25, 0.3) is 0 Å². The quantitative estimate of drug-likeness (QED) is 0.297. The van der Waals surface area contributed by atoms with E-state index in [1.807, 2.05) is 6.92 Å². The van der Waals surface area contributed by atoms with Gasteiger partial charge >= 0.3 is 5.97 Å². The van der Waals surface area contributed by atoms with E-state index in [9.17, 15) is 9.70 Å². The number of carbonyl (C=O) groups excluding carboxylic acids is 1. The molecule has 0 radical (unpaired) electrons. The van der Waals surface area contributed by atoms with Crippen LogP contribution in [0.2, 0.25) is 0 Å². The second-order valence-electron chi connectivity index (χ2n) is 4.26.